The number of methoxy groups -OCH3 is 1. The number of primary amides is 1. The van der Waals surface area contributed by atoms with Gasteiger partial charge in [0.2, 0.25) is 0 Å². The van der Waals surface area contributed by atoms with Crippen molar-refractivity contribution in [3.8, 4) is 11.5 Å². The van der Waals surface area contributed by atoms with Crippen molar-refractivity contribution in [3.63, 3.8) is 0 Å². The zero-order chi connectivity index (χ0) is 17.5. The van der Waals surface area contributed by atoms with Crippen LogP contribution in [0.1, 0.15) is 15.9 Å². The molecular weight excluding hydrogens is 334 g/mol. The summed E-state index contributed by atoms with van der Waals surface area (Å²) in [5.74, 6) is -0.0586. The minimum Gasteiger partial charge on any atom is -0.496 e. The normalized spacial score (nSPS) is 10.1. The van der Waals surface area contributed by atoms with Crippen LogP contribution in [0.5, 0.6) is 11.5 Å². The van der Waals surface area contributed by atoms with Crippen molar-refractivity contribution < 1.29 is 23.8 Å². The van der Waals surface area contributed by atoms with Gasteiger partial charge in [0.05, 0.1) is 12.7 Å². The molecule has 2 N–H and O–H groups in total. The predicted molar refractivity (Wildman–Crippen MR) is 88.3 cm³/mol. The van der Waals surface area contributed by atoms with Gasteiger partial charge in [0.1, 0.15) is 18.1 Å². The number of hydrogen-bond donors (Lipinski definition) is 1. The van der Waals surface area contributed by atoms with Gasteiger partial charge in [0.15, 0.2) is 6.61 Å². The molecular formula is C17H16ClNO5. The standard InChI is InChI=1S/C17H16ClNO5/c1-22-15-7-4-13(18)8-12(15)9-24-17(21)11-2-5-14(6-3-11)23-10-16(19)20/h2-8H,9-10H2,1H3,(H2,19,20). The van der Waals surface area contributed by atoms with Crippen molar-refractivity contribution in [2.45, 2.75) is 6.61 Å². The molecule has 2 rings (SSSR count). The Hall–Kier alpha value is -2.73. The van der Waals surface area contributed by atoms with Crippen LogP contribution < -0.4 is 15.2 Å². The van der Waals surface area contributed by atoms with Crippen LogP contribution in [-0.4, -0.2) is 25.6 Å². The van der Waals surface area contributed by atoms with Crippen molar-refractivity contribution in [1.29, 1.82) is 0 Å². The van der Waals surface area contributed by atoms with E-state index in [0.29, 0.717) is 27.6 Å². The summed E-state index contributed by atoms with van der Waals surface area (Å²) in [6.45, 7) is -0.194. The second-order valence-corrected chi connectivity index (χ2v) is 5.25. The molecule has 0 radical (unpaired) electrons. The first-order chi connectivity index (χ1) is 11.5. The van der Waals surface area contributed by atoms with Crippen molar-refractivity contribution in [2.75, 3.05) is 13.7 Å². The Balaban J connectivity index is 1.97. The number of carbonyl (C=O) groups excluding carboxylic acids is 2. The fraction of sp³-hybridized carbons (Fsp3) is 0.176. The molecule has 0 spiro atoms. The van der Waals surface area contributed by atoms with Crippen LogP contribution in [0.4, 0.5) is 0 Å². The number of esters is 1. The van der Waals surface area contributed by atoms with Gasteiger partial charge < -0.3 is 19.9 Å². The van der Waals surface area contributed by atoms with Crippen LogP contribution in [0, 0.1) is 0 Å². The first kappa shape index (κ1) is 17.6. The quantitative estimate of drug-likeness (QED) is 0.776. The zero-order valence-corrected chi connectivity index (χ0v) is 13.7. The molecule has 0 aliphatic carbocycles. The number of amides is 1. The number of halogens is 1. The molecule has 6 nitrogen and oxygen atoms in total. The van der Waals surface area contributed by atoms with Gasteiger partial charge in [0.25, 0.3) is 5.91 Å². The highest BCUT2D eigenvalue weighted by Gasteiger charge is 2.11. The van der Waals surface area contributed by atoms with E-state index in [-0.39, 0.29) is 13.2 Å². The minimum absolute atomic E-state index is 0.0303. The summed E-state index contributed by atoms with van der Waals surface area (Å²) in [5, 5.41) is 0.526. The van der Waals surface area contributed by atoms with E-state index in [1.807, 2.05) is 0 Å². The van der Waals surface area contributed by atoms with E-state index in [4.69, 9.17) is 31.5 Å². The molecule has 0 aliphatic rings. The summed E-state index contributed by atoms with van der Waals surface area (Å²) in [7, 11) is 1.53. The van der Waals surface area contributed by atoms with Crippen LogP contribution >= 0.6 is 11.6 Å². The van der Waals surface area contributed by atoms with E-state index in [1.165, 1.54) is 19.2 Å². The van der Waals surface area contributed by atoms with Crippen LogP contribution in [-0.2, 0) is 16.1 Å². The first-order valence-corrected chi connectivity index (χ1v) is 7.38. The molecule has 0 saturated heterocycles. The highest BCUT2D eigenvalue weighted by atomic mass is 35.5. The zero-order valence-electron chi connectivity index (χ0n) is 13.0. The van der Waals surface area contributed by atoms with Gasteiger partial charge in [-0.1, -0.05) is 11.6 Å². The lowest BCUT2D eigenvalue weighted by atomic mass is 10.2. The summed E-state index contributed by atoms with van der Waals surface area (Å²) in [6.07, 6.45) is 0. The maximum atomic E-state index is 12.1. The molecule has 2 aromatic rings. The number of rotatable bonds is 7. The maximum Gasteiger partial charge on any atom is 0.338 e. The lowest BCUT2D eigenvalue weighted by Crippen LogP contribution is -2.20. The number of hydrogen-bond acceptors (Lipinski definition) is 5. The number of ether oxygens (including phenoxy) is 3. The second kappa shape index (κ2) is 8.21. The molecule has 0 aromatic heterocycles. The monoisotopic (exact) mass is 349 g/mol. The molecule has 1 amide bonds. The third kappa shape index (κ3) is 4.89. The summed E-state index contributed by atoms with van der Waals surface area (Å²) < 4.78 is 15.6. The van der Waals surface area contributed by atoms with Crippen LogP contribution in [0.3, 0.4) is 0 Å². The van der Waals surface area contributed by atoms with Crippen molar-refractivity contribution in [2.24, 2.45) is 5.73 Å². The first-order valence-electron chi connectivity index (χ1n) is 7.00. The lowest BCUT2D eigenvalue weighted by Gasteiger charge is -2.10. The fourth-order valence-corrected chi connectivity index (χ4v) is 2.12. The van der Waals surface area contributed by atoms with Gasteiger partial charge in [-0.05, 0) is 42.5 Å². The lowest BCUT2D eigenvalue weighted by molar-refractivity contribution is -0.119. The van der Waals surface area contributed by atoms with Gasteiger partial charge >= 0.3 is 5.97 Å². The molecule has 0 aliphatic heterocycles. The molecule has 0 fully saturated rings. The van der Waals surface area contributed by atoms with E-state index in [1.54, 1.807) is 30.3 Å². The highest BCUT2D eigenvalue weighted by Crippen LogP contribution is 2.23. The minimum atomic E-state index is -0.575. The Kier molecular flexibility index (Phi) is 6.03. The van der Waals surface area contributed by atoms with E-state index < -0.39 is 11.9 Å². The van der Waals surface area contributed by atoms with Gasteiger partial charge in [-0.15, -0.1) is 0 Å². The van der Waals surface area contributed by atoms with E-state index >= 15 is 0 Å². The number of nitrogens with two attached hydrogens (primary N) is 1. The average Bonchev–Trinajstić information content (AvgIpc) is 2.58. The fourth-order valence-electron chi connectivity index (χ4n) is 1.93. The largest absolute Gasteiger partial charge is 0.496 e. The third-order valence-corrected chi connectivity index (χ3v) is 3.31. The van der Waals surface area contributed by atoms with Gasteiger partial charge in [-0.2, -0.15) is 0 Å². The summed E-state index contributed by atoms with van der Waals surface area (Å²) >= 11 is 5.93. The van der Waals surface area contributed by atoms with Crippen LogP contribution in [0.15, 0.2) is 42.5 Å². The van der Waals surface area contributed by atoms with Crippen molar-refractivity contribution >= 4 is 23.5 Å². The number of benzene rings is 2. The van der Waals surface area contributed by atoms with E-state index in [9.17, 15) is 9.59 Å². The van der Waals surface area contributed by atoms with Gasteiger partial charge in [-0.3, -0.25) is 4.79 Å². The van der Waals surface area contributed by atoms with E-state index in [2.05, 4.69) is 0 Å². The molecule has 24 heavy (non-hydrogen) atoms. The molecule has 0 atom stereocenters. The second-order valence-electron chi connectivity index (χ2n) is 4.81. The molecule has 0 heterocycles. The molecule has 0 unspecified atom stereocenters. The predicted octanol–water partition coefficient (Wildman–Crippen LogP) is 2.57. The van der Waals surface area contributed by atoms with Crippen molar-refractivity contribution in [3.05, 3.63) is 58.6 Å². The molecule has 0 saturated carbocycles. The Bertz CT molecular complexity index is 730. The van der Waals surface area contributed by atoms with Crippen LogP contribution in [0.2, 0.25) is 5.02 Å². The van der Waals surface area contributed by atoms with E-state index in [0.717, 1.165) is 0 Å². The molecule has 7 heteroatoms. The molecule has 0 bridgehead atoms. The molecule has 2 aromatic carbocycles. The summed E-state index contributed by atoms with van der Waals surface area (Å²) in [4.78, 5) is 22.7. The van der Waals surface area contributed by atoms with Crippen LogP contribution in [0.25, 0.3) is 0 Å². The summed E-state index contributed by atoms with van der Waals surface area (Å²) in [5.41, 5.74) is 6.01. The van der Waals surface area contributed by atoms with Gasteiger partial charge in [-0.25, -0.2) is 4.79 Å². The Morgan fingerprint density at radius 3 is 2.46 bits per heavy atom. The average molecular weight is 350 g/mol. The smallest absolute Gasteiger partial charge is 0.338 e. The number of carbonyl (C=O) groups is 2. The summed E-state index contributed by atoms with van der Waals surface area (Å²) in [6, 6.07) is 11.3. The SMILES string of the molecule is COc1ccc(Cl)cc1COC(=O)c1ccc(OCC(N)=O)cc1. The highest BCUT2D eigenvalue weighted by molar-refractivity contribution is 6.30. The van der Waals surface area contributed by atoms with Gasteiger partial charge in [0, 0.05) is 10.6 Å². The Morgan fingerprint density at radius 2 is 1.83 bits per heavy atom. The van der Waals surface area contributed by atoms with Crippen molar-refractivity contribution in [1.82, 2.24) is 0 Å². The maximum absolute atomic E-state index is 12.1. The Labute approximate surface area is 144 Å². The topological polar surface area (TPSA) is 87.8 Å². The Morgan fingerprint density at radius 1 is 1.12 bits per heavy atom. The third-order valence-electron chi connectivity index (χ3n) is 3.07. The molecule has 126 valence electrons.